The van der Waals surface area contributed by atoms with Crippen molar-refractivity contribution in [2.45, 2.75) is 45.4 Å². The molecule has 0 spiro atoms. The van der Waals surface area contributed by atoms with Crippen LogP contribution in [-0.4, -0.2) is 12.9 Å². The number of hydrogen-bond donors (Lipinski definition) is 0. The molecule has 2 heteroatoms. The Balaban J connectivity index is 1.85. The van der Waals surface area contributed by atoms with Gasteiger partial charge in [0, 0.05) is 6.42 Å². The Hall–Kier alpha value is -1.83. The van der Waals surface area contributed by atoms with Gasteiger partial charge in [-0.2, -0.15) is 0 Å². The van der Waals surface area contributed by atoms with Gasteiger partial charge in [-0.25, -0.2) is 0 Å². The Kier molecular flexibility index (Phi) is 3.04. The molecule has 0 aliphatic heterocycles. The highest BCUT2D eigenvalue weighted by atomic mass is 16.5. The van der Waals surface area contributed by atoms with E-state index in [2.05, 4.69) is 31.2 Å². The zero-order valence-corrected chi connectivity index (χ0v) is 13.4. The summed E-state index contributed by atoms with van der Waals surface area (Å²) in [6.45, 7) is 2.16. The molecule has 0 heterocycles. The molecule has 0 radical (unpaired) electrons. The van der Waals surface area contributed by atoms with Crippen LogP contribution >= 0.6 is 0 Å². The van der Waals surface area contributed by atoms with Crippen LogP contribution in [-0.2, 0) is 11.2 Å². The molecule has 22 heavy (non-hydrogen) atoms. The predicted octanol–water partition coefficient (Wildman–Crippen LogP) is 4.48. The summed E-state index contributed by atoms with van der Waals surface area (Å²) in [6.07, 6.45) is 8.06. The van der Waals surface area contributed by atoms with Gasteiger partial charge in [-0.15, -0.1) is 0 Å². The normalized spacial score (nSPS) is 26.8. The molecule has 0 aromatic heterocycles. The fourth-order valence-corrected chi connectivity index (χ4v) is 4.46. The third kappa shape index (κ3) is 1.83. The lowest BCUT2D eigenvalue weighted by Gasteiger charge is -2.42. The van der Waals surface area contributed by atoms with Crippen LogP contribution in [0.3, 0.4) is 0 Å². The predicted molar refractivity (Wildman–Crippen MR) is 87.9 cm³/mol. The topological polar surface area (TPSA) is 26.3 Å². The molecule has 1 aromatic carbocycles. The number of aryl methyl sites for hydroxylation is 1. The molecule has 0 saturated heterocycles. The monoisotopic (exact) mass is 294 g/mol. The van der Waals surface area contributed by atoms with Gasteiger partial charge < -0.3 is 4.74 Å². The largest absolute Gasteiger partial charge is 0.497 e. The maximum atomic E-state index is 12.5. The SMILES string of the molecule is COc1ccc2c(c1)CCC1=C2CC[C@@]2(C)C(=O)CCC=C12. The van der Waals surface area contributed by atoms with Crippen LogP contribution in [0.4, 0.5) is 0 Å². The molecule has 1 atom stereocenters. The minimum absolute atomic E-state index is 0.221. The first kappa shape index (κ1) is 13.8. The summed E-state index contributed by atoms with van der Waals surface area (Å²) in [5, 5.41) is 0. The summed E-state index contributed by atoms with van der Waals surface area (Å²) in [6, 6.07) is 6.44. The molecule has 114 valence electrons. The Morgan fingerprint density at radius 3 is 2.77 bits per heavy atom. The van der Waals surface area contributed by atoms with Gasteiger partial charge in [-0.05, 0) is 79.0 Å². The number of hydrogen-bond acceptors (Lipinski definition) is 2. The highest BCUT2D eigenvalue weighted by Gasteiger charge is 2.43. The molecule has 3 aliphatic rings. The van der Waals surface area contributed by atoms with Crippen molar-refractivity contribution in [2.24, 2.45) is 5.41 Å². The first-order chi connectivity index (χ1) is 10.6. The van der Waals surface area contributed by atoms with Gasteiger partial charge in [-0.3, -0.25) is 4.79 Å². The van der Waals surface area contributed by atoms with Crippen molar-refractivity contribution >= 4 is 11.4 Å². The van der Waals surface area contributed by atoms with E-state index >= 15 is 0 Å². The maximum absolute atomic E-state index is 12.5. The molecule has 0 unspecified atom stereocenters. The summed E-state index contributed by atoms with van der Waals surface area (Å²) >= 11 is 0. The van der Waals surface area contributed by atoms with Gasteiger partial charge in [0.05, 0.1) is 12.5 Å². The molecule has 1 aromatic rings. The molecule has 0 saturated carbocycles. The average molecular weight is 294 g/mol. The third-order valence-corrected chi connectivity index (χ3v) is 5.78. The summed E-state index contributed by atoms with van der Waals surface area (Å²) in [5.41, 5.74) is 6.82. The number of carbonyl (C=O) groups is 1. The Labute approximate surface area is 131 Å². The molecular formula is C20H22O2. The van der Waals surface area contributed by atoms with Crippen LogP contribution in [0.25, 0.3) is 5.57 Å². The van der Waals surface area contributed by atoms with Crippen molar-refractivity contribution in [2.75, 3.05) is 7.11 Å². The summed E-state index contributed by atoms with van der Waals surface area (Å²) in [4.78, 5) is 12.5. The van der Waals surface area contributed by atoms with Crippen molar-refractivity contribution in [1.82, 2.24) is 0 Å². The number of ketones is 1. The summed E-state index contributed by atoms with van der Waals surface area (Å²) in [7, 11) is 1.72. The fourth-order valence-electron chi connectivity index (χ4n) is 4.46. The van der Waals surface area contributed by atoms with Gasteiger partial charge in [0.1, 0.15) is 11.5 Å². The van der Waals surface area contributed by atoms with Gasteiger partial charge in [-0.1, -0.05) is 12.1 Å². The number of methoxy groups -OCH3 is 1. The second-order valence-electron chi connectivity index (χ2n) is 6.89. The molecular weight excluding hydrogens is 272 g/mol. The molecule has 0 N–H and O–H groups in total. The second kappa shape index (κ2) is 4.84. The van der Waals surface area contributed by atoms with Crippen molar-refractivity contribution in [3.05, 3.63) is 46.5 Å². The number of fused-ring (bicyclic) bond motifs is 4. The first-order valence-corrected chi connectivity index (χ1v) is 8.27. The number of ether oxygens (including phenoxy) is 1. The van der Waals surface area contributed by atoms with Crippen molar-refractivity contribution in [3.63, 3.8) is 0 Å². The van der Waals surface area contributed by atoms with Gasteiger partial charge >= 0.3 is 0 Å². The van der Waals surface area contributed by atoms with Crippen LogP contribution in [0.15, 0.2) is 35.4 Å². The minimum atomic E-state index is -0.221. The van der Waals surface area contributed by atoms with E-state index in [0.717, 1.165) is 44.3 Å². The lowest BCUT2D eigenvalue weighted by Crippen LogP contribution is -2.36. The quantitative estimate of drug-likeness (QED) is 0.763. The number of allylic oxidation sites excluding steroid dienone is 4. The fraction of sp³-hybridized carbons (Fsp3) is 0.450. The molecule has 0 fully saturated rings. The van der Waals surface area contributed by atoms with Crippen molar-refractivity contribution in [3.8, 4) is 5.75 Å². The third-order valence-electron chi connectivity index (χ3n) is 5.78. The van der Waals surface area contributed by atoms with E-state index in [1.54, 1.807) is 7.11 Å². The average Bonchev–Trinajstić information content (AvgIpc) is 2.55. The van der Waals surface area contributed by atoms with Gasteiger partial charge in [0.15, 0.2) is 0 Å². The van der Waals surface area contributed by atoms with Crippen LogP contribution in [0.2, 0.25) is 0 Å². The zero-order valence-electron chi connectivity index (χ0n) is 13.4. The van der Waals surface area contributed by atoms with E-state index in [1.165, 1.54) is 27.8 Å². The standard InChI is InChI=1S/C20H22O2/c1-20-11-10-16-15-9-7-14(22-2)12-13(15)6-8-17(16)18(20)4-3-5-19(20)21/h4,7,9,12H,3,5-6,8,10-11H2,1-2H3/t20-/m1/s1. The summed E-state index contributed by atoms with van der Waals surface area (Å²) in [5.74, 6) is 1.38. The molecule has 0 amide bonds. The smallest absolute Gasteiger partial charge is 0.143 e. The minimum Gasteiger partial charge on any atom is -0.497 e. The Morgan fingerprint density at radius 2 is 1.95 bits per heavy atom. The highest BCUT2D eigenvalue weighted by molar-refractivity contribution is 5.93. The molecule has 0 bridgehead atoms. The van der Waals surface area contributed by atoms with Crippen LogP contribution in [0, 0.1) is 5.41 Å². The number of rotatable bonds is 1. The Morgan fingerprint density at radius 1 is 1.09 bits per heavy atom. The number of benzene rings is 1. The molecule has 3 aliphatic carbocycles. The van der Waals surface area contributed by atoms with Crippen LogP contribution < -0.4 is 4.74 Å². The lowest BCUT2D eigenvalue weighted by atomic mass is 9.60. The zero-order chi connectivity index (χ0) is 15.3. The number of carbonyl (C=O) groups excluding carboxylic acids is 1. The van der Waals surface area contributed by atoms with Gasteiger partial charge in [0.25, 0.3) is 0 Å². The van der Waals surface area contributed by atoms with Crippen molar-refractivity contribution in [1.29, 1.82) is 0 Å². The van der Waals surface area contributed by atoms with E-state index < -0.39 is 0 Å². The second-order valence-corrected chi connectivity index (χ2v) is 6.89. The van der Waals surface area contributed by atoms with E-state index in [0.29, 0.717) is 5.78 Å². The Bertz CT molecular complexity index is 723. The molecule has 4 rings (SSSR count). The van der Waals surface area contributed by atoms with Crippen LogP contribution in [0.5, 0.6) is 5.75 Å². The van der Waals surface area contributed by atoms with E-state index in [1.807, 2.05) is 0 Å². The van der Waals surface area contributed by atoms with E-state index in [4.69, 9.17) is 4.74 Å². The summed E-state index contributed by atoms with van der Waals surface area (Å²) < 4.78 is 5.36. The first-order valence-electron chi connectivity index (χ1n) is 8.27. The highest BCUT2D eigenvalue weighted by Crippen LogP contribution is 2.53. The lowest BCUT2D eigenvalue weighted by molar-refractivity contribution is -0.126. The van der Waals surface area contributed by atoms with Crippen molar-refractivity contribution < 1.29 is 9.53 Å². The molecule has 2 nitrogen and oxygen atoms in total. The van der Waals surface area contributed by atoms with Gasteiger partial charge in [0.2, 0.25) is 0 Å². The van der Waals surface area contributed by atoms with E-state index in [9.17, 15) is 4.79 Å². The van der Waals surface area contributed by atoms with Crippen LogP contribution in [0.1, 0.15) is 50.2 Å². The number of Topliss-reactive ketones (excluding diaryl/α,β-unsaturated/α-hetero) is 1. The van der Waals surface area contributed by atoms with E-state index in [-0.39, 0.29) is 5.41 Å². The maximum Gasteiger partial charge on any atom is 0.143 e.